The number of thiocarbonyl (C=S) groups is 1. The van der Waals surface area contributed by atoms with Crippen molar-refractivity contribution in [2.24, 2.45) is 11.6 Å². The van der Waals surface area contributed by atoms with Crippen molar-refractivity contribution >= 4 is 17.3 Å². The van der Waals surface area contributed by atoms with Crippen molar-refractivity contribution in [2.45, 2.75) is 0 Å². The van der Waals surface area contributed by atoms with Gasteiger partial charge in [0.25, 0.3) is 0 Å². The molecule has 6 heavy (non-hydrogen) atoms. The van der Waals surface area contributed by atoms with Gasteiger partial charge < -0.3 is 5.73 Å². The zero-order valence-corrected chi connectivity index (χ0v) is 3.88. The van der Waals surface area contributed by atoms with Gasteiger partial charge >= 0.3 is 0 Å². The van der Waals surface area contributed by atoms with Crippen LogP contribution in [-0.2, 0) is 0 Å². The van der Waals surface area contributed by atoms with Gasteiger partial charge in [0.15, 0.2) is 5.11 Å². The summed E-state index contributed by atoms with van der Waals surface area (Å²) in [5, 5.41) is 0.137. The summed E-state index contributed by atoms with van der Waals surface area (Å²) in [6.45, 7) is 0. The molecule has 0 spiro atoms. The van der Waals surface area contributed by atoms with E-state index in [4.69, 9.17) is 11.6 Å². The monoisotopic (exact) mass is 106 g/mol. The summed E-state index contributed by atoms with van der Waals surface area (Å²) in [6.07, 6.45) is 0. The van der Waals surface area contributed by atoms with Crippen molar-refractivity contribution in [1.82, 2.24) is 11.0 Å². The lowest BCUT2D eigenvalue weighted by molar-refractivity contribution is 0.699. The summed E-state index contributed by atoms with van der Waals surface area (Å²) in [4.78, 5) is 0. The smallest absolute Gasteiger partial charge is 0.179 e. The predicted octanol–water partition coefficient (Wildman–Crippen LogP) is -1.80. The third kappa shape index (κ3) is 3.61. The van der Waals surface area contributed by atoms with Crippen LogP contribution in [0, 0.1) is 0 Å². The summed E-state index contributed by atoms with van der Waals surface area (Å²) >= 11 is 4.32. The Labute approximate surface area is 40.8 Å². The molecule has 0 fully saturated rings. The Morgan fingerprint density at radius 3 is 2.17 bits per heavy atom. The van der Waals surface area contributed by atoms with E-state index in [0.717, 1.165) is 0 Å². The number of hydrazine groups is 2. The van der Waals surface area contributed by atoms with Gasteiger partial charge in [0.05, 0.1) is 0 Å². The van der Waals surface area contributed by atoms with E-state index < -0.39 is 0 Å². The molecular formula is CH6N4S. The summed E-state index contributed by atoms with van der Waals surface area (Å²) in [6, 6.07) is 0. The van der Waals surface area contributed by atoms with Crippen LogP contribution in [0.25, 0.3) is 0 Å². The van der Waals surface area contributed by atoms with Gasteiger partial charge in [0, 0.05) is 0 Å². The van der Waals surface area contributed by atoms with E-state index in [1.54, 1.807) is 0 Å². The van der Waals surface area contributed by atoms with Gasteiger partial charge in [0.2, 0.25) is 0 Å². The van der Waals surface area contributed by atoms with Gasteiger partial charge in [-0.25, -0.2) is 0 Å². The Kier molecular flexibility index (Phi) is 2.64. The molecule has 6 N–H and O–H groups in total. The second-order valence-electron chi connectivity index (χ2n) is 0.634. The molecule has 0 aliphatic heterocycles. The molecule has 0 aliphatic rings. The maximum Gasteiger partial charge on any atom is 0.179 e. The molecule has 0 amide bonds. The minimum absolute atomic E-state index is 0.137. The molecule has 0 atom stereocenters. The standard InChI is InChI=1S/CH6N4S/c2-1(6)4-5-3/h5H,3H2,(H3,2,4,6). The average molecular weight is 106 g/mol. The Morgan fingerprint density at radius 1 is 1.67 bits per heavy atom. The van der Waals surface area contributed by atoms with Crippen LogP contribution in [0.5, 0.6) is 0 Å². The first-order valence-corrected chi connectivity index (χ1v) is 1.69. The molecule has 0 heterocycles. The maximum atomic E-state index is 4.88. The number of rotatable bonds is 1. The van der Waals surface area contributed by atoms with Crippen molar-refractivity contribution in [3.63, 3.8) is 0 Å². The quantitative estimate of drug-likeness (QED) is 0.180. The van der Waals surface area contributed by atoms with E-state index in [-0.39, 0.29) is 5.11 Å². The second kappa shape index (κ2) is 2.83. The van der Waals surface area contributed by atoms with Crippen LogP contribution in [0.1, 0.15) is 0 Å². The summed E-state index contributed by atoms with van der Waals surface area (Å²) in [5.74, 6) is 4.70. The first-order valence-electron chi connectivity index (χ1n) is 1.28. The fourth-order valence-electron chi connectivity index (χ4n) is 0.0711. The summed E-state index contributed by atoms with van der Waals surface area (Å²) < 4.78 is 0. The van der Waals surface area contributed by atoms with E-state index in [0.29, 0.717) is 0 Å². The Balaban J connectivity index is 2.83. The SMILES string of the molecule is NNNC(N)=S. The van der Waals surface area contributed by atoms with E-state index in [1.165, 1.54) is 0 Å². The molecule has 4 nitrogen and oxygen atoms in total. The van der Waals surface area contributed by atoms with Crippen molar-refractivity contribution in [2.75, 3.05) is 0 Å². The first-order chi connectivity index (χ1) is 2.77. The minimum atomic E-state index is 0.137. The van der Waals surface area contributed by atoms with Gasteiger partial charge in [-0.3, -0.25) is 11.3 Å². The highest BCUT2D eigenvalue weighted by molar-refractivity contribution is 7.80. The predicted molar refractivity (Wildman–Crippen MR) is 27.2 cm³/mol. The van der Waals surface area contributed by atoms with Crippen LogP contribution in [0.4, 0.5) is 0 Å². The van der Waals surface area contributed by atoms with Gasteiger partial charge in [-0.15, -0.1) is 0 Å². The Morgan fingerprint density at radius 2 is 2.17 bits per heavy atom. The molecule has 0 bridgehead atoms. The summed E-state index contributed by atoms with van der Waals surface area (Å²) in [5.41, 5.74) is 9.18. The Hall–Kier alpha value is -0.390. The van der Waals surface area contributed by atoms with Crippen LogP contribution in [-0.4, -0.2) is 5.11 Å². The normalized spacial score (nSPS) is 7.50. The van der Waals surface area contributed by atoms with E-state index >= 15 is 0 Å². The fourth-order valence-corrected chi connectivity index (χ4v) is 0.130. The van der Waals surface area contributed by atoms with Crippen LogP contribution in [0.15, 0.2) is 0 Å². The number of nitrogens with one attached hydrogen (secondary N) is 2. The molecule has 0 rings (SSSR count). The molecular weight excluding hydrogens is 100 g/mol. The van der Waals surface area contributed by atoms with Crippen LogP contribution in [0.2, 0.25) is 0 Å². The van der Waals surface area contributed by atoms with Crippen molar-refractivity contribution in [3.8, 4) is 0 Å². The zero-order chi connectivity index (χ0) is 4.99. The van der Waals surface area contributed by atoms with Crippen molar-refractivity contribution in [1.29, 1.82) is 0 Å². The highest BCUT2D eigenvalue weighted by Crippen LogP contribution is 1.42. The minimum Gasteiger partial charge on any atom is -0.375 e. The van der Waals surface area contributed by atoms with E-state index in [9.17, 15) is 0 Å². The topological polar surface area (TPSA) is 76.1 Å². The molecule has 0 aromatic rings. The third-order valence-electron chi connectivity index (χ3n) is 0.195. The molecule has 0 saturated heterocycles. The van der Waals surface area contributed by atoms with Gasteiger partial charge in [-0.2, -0.15) is 5.53 Å². The fraction of sp³-hybridized carbons (Fsp3) is 0. The molecule has 0 unspecified atom stereocenters. The lowest BCUT2D eigenvalue weighted by atomic mass is 11.2. The number of nitrogens with two attached hydrogens (primary N) is 2. The molecule has 0 saturated carbocycles. The van der Waals surface area contributed by atoms with E-state index in [1.807, 2.05) is 0 Å². The number of hydrogen-bond acceptors (Lipinski definition) is 3. The molecule has 36 valence electrons. The van der Waals surface area contributed by atoms with E-state index in [2.05, 4.69) is 23.2 Å². The third-order valence-corrected chi connectivity index (χ3v) is 0.297. The average Bonchev–Trinajstić information content (AvgIpc) is 1.35. The largest absolute Gasteiger partial charge is 0.375 e. The highest BCUT2D eigenvalue weighted by atomic mass is 32.1. The second-order valence-corrected chi connectivity index (χ2v) is 1.07. The van der Waals surface area contributed by atoms with Crippen molar-refractivity contribution in [3.05, 3.63) is 0 Å². The molecule has 5 heteroatoms. The van der Waals surface area contributed by atoms with Gasteiger partial charge in [0.1, 0.15) is 0 Å². The lowest BCUT2D eigenvalue weighted by Crippen LogP contribution is -2.44. The van der Waals surface area contributed by atoms with Crippen LogP contribution >= 0.6 is 12.2 Å². The lowest BCUT2D eigenvalue weighted by Gasteiger charge is -1.95. The highest BCUT2D eigenvalue weighted by Gasteiger charge is 1.72. The van der Waals surface area contributed by atoms with Gasteiger partial charge in [-0.1, -0.05) is 0 Å². The zero-order valence-electron chi connectivity index (χ0n) is 3.06. The molecule has 0 aromatic heterocycles. The molecule has 0 aliphatic carbocycles. The first kappa shape index (κ1) is 5.61. The van der Waals surface area contributed by atoms with Crippen LogP contribution in [0.3, 0.4) is 0 Å². The maximum absolute atomic E-state index is 4.88. The van der Waals surface area contributed by atoms with Crippen molar-refractivity contribution < 1.29 is 0 Å². The van der Waals surface area contributed by atoms with Crippen LogP contribution < -0.4 is 22.5 Å². The number of hydrogen-bond donors (Lipinski definition) is 4. The molecule has 0 radical (unpaired) electrons. The molecule has 0 aromatic carbocycles. The van der Waals surface area contributed by atoms with Gasteiger partial charge in [-0.05, 0) is 12.2 Å². The Bertz CT molecular complexity index is 51.5. The summed E-state index contributed by atoms with van der Waals surface area (Å²) in [7, 11) is 0.